The molecule has 1 aromatic rings. The number of rotatable bonds is 4. The van der Waals surface area contributed by atoms with Gasteiger partial charge in [-0.3, -0.25) is 4.72 Å². The van der Waals surface area contributed by atoms with Gasteiger partial charge in [-0.1, -0.05) is 0 Å². The standard InChI is InChI=1S/C15H23BN2O4S/c1-10-8-13(18-23(19,20)11-6-7-11)17-9-12(10)16-21-14(2,3)15(4,5)22-16/h8-9,11H,6-7H2,1-5H3,(H,17,18). The number of aryl methyl sites for hydroxylation is 1. The minimum absolute atomic E-state index is 0.271. The first-order valence-electron chi connectivity index (χ1n) is 7.86. The highest BCUT2D eigenvalue weighted by Gasteiger charge is 2.52. The molecule has 2 heterocycles. The van der Waals surface area contributed by atoms with E-state index in [1.165, 1.54) is 0 Å². The van der Waals surface area contributed by atoms with E-state index in [0.29, 0.717) is 5.82 Å². The summed E-state index contributed by atoms with van der Waals surface area (Å²) in [6.45, 7) is 9.88. The number of aromatic nitrogens is 1. The van der Waals surface area contributed by atoms with E-state index in [2.05, 4.69) is 9.71 Å². The molecule has 1 N–H and O–H groups in total. The number of anilines is 1. The molecular formula is C15H23BN2O4S. The molecule has 0 unspecified atom stereocenters. The van der Waals surface area contributed by atoms with Gasteiger partial charge in [0.2, 0.25) is 10.0 Å². The van der Waals surface area contributed by atoms with Gasteiger partial charge < -0.3 is 9.31 Å². The Balaban J connectivity index is 1.81. The Morgan fingerprint density at radius 1 is 1.22 bits per heavy atom. The average Bonchev–Trinajstić information content (AvgIpc) is 3.18. The molecule has 0 aromatic carbocycles. The van der Waals surface area contributed by atoms with E-state index in [1.807, 2.05) is 34.6 Å². The number of nitrogens with zero attached hydrogens (tertiary/aromatic N) is 1. The SMILES string of the molecule is Cc1cc(NS(=O)(=O)C2CC2)ncc1B1OC(C)(C)C(C)(C)O1. The molecule has 2 aliphatic rings. The van der Waals surface area contributed by atoms with E-state index in [0.717, 1.165) is 23.9 Å². The lowest BCUT2D eigenvalue weighted by Gasteiger charge is -2.32. The zero-order chi connectivity index (χ0) is 17.0. The predicted octanol–water partition coefficient (Wildman–Crippen LogP) is 1.59. The normalized spacial score (nSPS) is 23.1. The maximum absolute atomic E-state index is 12.0. The molecule has 0 atom stereocenters. The zero-order valence-corrected chi connectivity index (χ0v) is 15.0. The lowest BCUT2D eigenvalue weighted by molar-refractivity contribution is 0.00578. The molecule has 0 bridgehead atoms. The minimum atomic E-state index is -3.30. The van der Waals surface area contributed by atoms with Gasteiger partial charge in [-0.05, 0) is 59.1 Å². The Morgan fingerprint density at radius 3 is 2.26 bits per heavy atom. The van der Waals surface area contributed by atoms with Crippen LogP contribution < -0.4 is 10.2 Å². The Kier molecular flexibility index (Phi) is 3.78. The van der Waals surface area contributed by atoms with Crippen molar-refractivity contribution in [2.75, 3.05) is 4.72 Å². The van der Waals surface area contributed by atoms with Crippen LogP contribution in [0.3, 0.4) is 0 Å². The first kappa shape index (κ1) is 16.7. The maximum Gasteiger partial charge on any atom is 0.496 e. The summed E-state index contributed by atoms with van der Waals surface area (Å²) in [4.78, 5) is 4.22. The van der Waals surface area contributed by atoms with Crippen LogP contribution in [0.1, 0.15) is 46.1 Å². The van der Waals surface area contributed by atoms with Gasteiger partial charge in [0, 0.05) is 11.7 Å². The summed E-state index contributed by atoms with van der Waals surface area (Å²) >= 11 is 0. The second-order valence-corrected chi connectivity index (χ2v) is 9.32. The highest BCUT2D eigenvalue weighted by Crippen LogP contribution is 2.36. The van der Waals surface area contributed by atoms with Crippen LogP contribution in [0.4, 0.5) is 5.82 Å². The second-order valence-electron chi connectivity index (χ2n) is 7.36. The van der Waals surface area contributed by atoms with Crippen molar-refractivity contribution in [1.29, 1.82) is 0 Å². The number of sulfonamides is 1. The molecule has 3 rings (SSSR count). The first-order valence-corrected chi connectivity index (χ1v) is 9.40. The molecule has 0 spiro atoms. The highest BCUT2D eigenvalue weighted by molar-refractivity contribution is 7.93. The van der Waals surface area contributed by atoms with Crippen LogP contribution in [0.15, 0.2) is 12.3 Å². The highest BCUT2D eigenvalue weighted by atomic mass is 32.2. The quantitative estimate of drug-likeness (QED) is 0.844. The minimum Gasteiger partial charge on any atom is -0.399 e. The summed E-state index contributed by atoms with van der Waals surface area (Å²) in [5.41, 5.74) is 0.858. The molecule has 2 fully saturated rings. The van der Waals surface area contributed by atoms with Gasteiger partial charge in [0.1, 0.15) is 5.82 Å². The molecule has 126 valence electrons. The van der Waals surface area contributed by atoms with E-state index in [9.17, 15) is 8.42 Å². The zero-order valence-electron chi connectivity index (χ0n) is 14.2. The van der Waals surface area contributed by atoms with E-state index >= 15 is 0 Å². The number of hydrogen-bond donors (Lipinski definition) is 1. The third-order valence-electron chi connectivity index (χ3n) is 4.87. The van der Waals surface area contributed by atoms with Gasteiger partial charge in [-0.15, -0.1) is 0 Å². The van der Waals surface area contributed by atoms with Crippen LogP contribution in [-0.2, 0) is 19.3 Å². The van der Waals surface area contributed by atoms with Crippen molar-refractivity contribution >= 4 is 28.4 Å². The topological polar surface area (TPSA) is 77.5 Å². The van der Waals surface area contributed by atoms with Crippen LogP contribution in [0.5, 0.6) is 0 Å². The first-order chi connectivity index (χ1) is 10.5. The second kappa shape index (κ2) is 5.19. The number of hydrogen-bond acceptors (Lipinski definition) is 5. The Bertz CT molecular complexity index is 713. The van der Waals surface area contributed by atoms with Crippen molar-refractivity contribution in [2.45, 2.75) is 63.9 Å². The molecule has 0 radical (unpaired) electrons. The van der Waals surface area contributed by atoms with Crippen molar-refractivity contribution < 1.29 is 17.7 Å². The van der Waals surface area contributed by atoms with E-state index < -0.39 is 28.3 Å². The van der Waals surface area contributed by atoms with Crippen LogP contribution >= 0.6 is 0 Å². The third kappa shape index (κ3) is 3.12. The fourth-order valence-corrected chi connectivity index (χ4v) is 3.77. The van der Waals surface area contributed by atoms with Crippen LogP contribution in [-0.4, -0.2) is 37.0 Å². The lowest BCUT2D eigenvalue weighted by atomic mass is 9.77. The van der Waals surface area contributed by atoms with E-state index in [1.54, 1.807) is 12.3 Å². The summed E-state index contributed by atoms with van der Waals surface area (Å²) in [5, 5.41) is -0.271. The lowest BCUT2D eigenvalue weighted by Crippen LogP contribution is -2.41. The molecular weight excluding hydrogens is 315 g/mol. The molecule has 1 saturated heterocycles. The van der Waals surface area contributed by atoms with E-state index in [4.69, 9.17) is 9.31 Å². The van der Waals surface area contributed by atoms with E-state index in [-0.39, 0.29) is 5.25 Å². The fraction of sp³-hybridized carbons (Fsp3) is 0.667. The maximum atomic E-state index is 12.0. The summed E-state index contributed by atoms with van der Waals surface area (Å²) in [6.07, 6.45) is 3.07. The van der Waals surface area contributed by atoms with Gasteiger partial charge in [0.15, 0.2) is 0 Å². The van der Waals surface area contributed by atoms with Crippen molar-refractivity contribution in [1.82, 2.24) is 4.98 Å². The smallest absolute Gasteiger partial charge is 0.399 e. The van der Waals surface area contributed by atoms with Gasteiger partial charge in [0.25, 0.3) is 0 Å². The Hall–Kier alpha value is -1.12. The number of pyridine rings is 1. The summed E-state index contributed by atoms with van der Waals surface area (Å²) in [5.74, 6) is 0.342. The molecule has 1 aromatic heterocycles. The van der Waals surface area contributed by atoms with Gasteiger partial charge in [-0.2, -0.15) is 0 Å². The van der Waals surface area contributed by atoms with Crippen molar-refractivity contribution in [3.05, 3.63) is 17.8 Å². The molecule has 6 nitrogen and oxygen atoms in total. The van der Waals surface area contributed by atoms with Crippen molar-refractivity contribution in [3.63, 3.8) is 0 Å². The summed E-state index contributed by atoms with van der Waals surface area (Å²) < 4.78 is 38.6. The molecule has 8 heteroatoms. The average molecular weight is 338 g/mol. The summed E-state index contributed by atoms with van der Waals surface area (Å²) in [6, 6.07) is 1.72. The van der Waals surface area contributed by atoms with Crippen LogP contribution in [0.25, 0.3) is 0 Å². The van der Waals surface area contributed by atoms with Crippen LogP contribution in [0, 0.1) is 6.92 Å². The Labute approximate surface area is 138 Å². The fourth-order valence-electron chi connectivity index (χ4n) is 2.45. The van der Waals surface area contributed by atoms with Gasteiger partial charge in [-0.25, -0.2) is 13.4 Å². The predicted molar refractivity (Wildman–Crippen MR) is 90.3 cm³/mol. The largest absolute Gasteiger partial charge is 0.496 e. The summed E-state index contributed by atoms with van der Waals surface area (Å²) in [7, 11) is -3.80. The van der Waals surface area contributed by atoms with Gasteiger partial charge in [0.05, 0.1) is 16.5 Å². The number of nitrogens with one attached hydrogen (secondary N) is 1. The molecule has 1 aliphatic heterocycles. The third-order valence-corrected chi connectivity index (χ3v) is 6.71. The van der Waals surface area contributed by atoms with Gasteiger partial charge >= 0.3 is 7.12 Å². The van der Waals surface area contributed by atoms with Crippen molar-refractivity contribution in [2.24, 2.45) is 0 Å². The molecule has 0 amide bonds. The van der Waals surface area contributed by atoms with Crippen LogP contribution in [0.2, 0.25) is 0 Å². The monoisotopic (exact) mass is 338 g/mol. The Morgan fingerprint density at radius 2 is 1.78 bits per heavy atom. The molecule has 23 heavy (non-hydrogen) atoms. The molecule has 1 aliphatic carbocycles. The van der Waals surface area contributed by atoms with Crippen molar-refractivity contribution in [3.8, 4) is 0 Å². The molecule has 1 saturated carbocycles.